The lowest BCUT2D eigenvalue weighted by molar-refractivity contribution is 0.0479. The maximum Gasteiger partial charge on any atom is 0.160 e. The summed E-state index contributed by atoms with van der Waals surface area (Å²) in [6.07, 6.45) is 10.1. The lowest BCUT2D eigenvalue weighted by Gasteiger charge is -2.51. The van der Waals surface area contributed by atoms with Gasteiger partial charge in [-0.2, -0.15) is 0 Å². The van der Waals surface area contributed by atoms with Crippen molar-refractivity contribution in [2.45, 2.75) is 70.1 Å². The summed E-state index contributed by atoms with van der Waals surface area (Å²) in [5.74, 6) is 3.83. The zero-order valence-electron chi connectivity index (χ0n) is 18.9. The highest BCUT2D eigenvalue weighted by atomic mass is 16.5. The van der Waals surface area contributed by atoms with E-state index in [-0.39, 0.29) is 0 Å². The van der Waals surface area contributed by atoms with Crippen LogP contribution < -0.4 is 10.1 Å². The standard InChI is InChI=1S/C28H35NO2/c1-28-13-12-18-20(9-8-17-15-26(30)27(31-2)16-22(17)18)24(28)11-10-23(28)19-5-3-7-25-21(19)6-4-14-29-25/h3,5,7,15-16,18,20,23-24,29-30H,4,6,8-14H2,1-2H3/t18-,20+,23+,24-,28+/m0/s1. The molecule has 0 amide bonds. The molecule has 2 N–H and O–H groups in total. The lowest BCUT2D eigenvalue weighted by Crippen LogP contribution is -2.42. The highest BCUT2D eigenvalue weighted by Gasteiger charge is 2.55. The number of hydrogen-bond acceptors (Lipinski definition) is 3. The van der Waals surface area contributed by atoms with E-state index in [2.05, 4.69) is 36.5 Å². The lowest BCUT2D eigenvalue weighted by atomic mass is 9.53. The zero-order chi connectivity index (χ0) is 21.2. The molecule has 2 aromatic rings. The summed E-state index contributed by atoms with van der Waals surface area (Å²) in [6, 6.07) is 11.1. The SMILES string of the molecule is COc1cc2c(cc1O)CC[C@@H]1[C@@H]2CC[C@]2(C)[C@@H](c3cccc4c3CCCN4)CC[C@@H]12. The maximum absolute atomic E-state index is 10.3. The molecule has 6 rings (SSSR count). The minimum Gasteiger partial charge on any atom is -0.504 e. The molecule has 2 aromatic carbocycles. The third kappa shape index (κ3) is 2.84. The number of aryl methyl sites for hydroxylation is 1. The summed E-state index contributed by atoms with van der Waals surface area (Å²) in [6.45, 7) is 3.73. The van der Waals surface area contributed by atoms with Gasteiger partial charge in [-0.3, -0.25) is 0 Å². The van der Waals surface area contributed by atoms with Gasteiger partial charge >= 0.3 is 0 Å². The molecule has 0 aromatic heterocycles. The van der Waals surface area contributed by atoms with Crippen molar-refractivity contribution in [3.63, 3.8) is 0 Å². The van der Waals surface area contributed by atoms with Gasteiger partial charge in [-0.05, 0) is 121 Å². The Morgan fingerprint density at radius 3 is 2.84 bits per heavy atom. The van der Waals surface area contributed by atoms with Crippen molar-refractivity contribution in [3.05, 3.63) is 52.6 Å². The summed E-state index contributed by atoms with van der Waals surface area (Å²) in [4.78, 5) is 0. The van der Waals surface area contributed by atoms with Crippen LogP contribution in [0.1, 0.15) is 79.5 Å². The molecule has 1 heterocycles. The zero-order valence-corrected chi connectivity index (χ0v) is 18.9. The molecule has 2 saturated carbocycles. The van der Waals surface area contributed by atoms with Gasteiger partial charge in [0.05, 0.1) is 7.11 Å². The molecule has 5 atom stereocenters. The quantitative estimate of drug-likeness (QED) is 0.594. The van der Waals surface area contributed by atoms with Gasteiger partial charge in [0, 0.05) is 12.2 Å². The number of benzene rings is 2. The van der Waals surface area contributed by atoms with E-state index in [1.807, 2.05) is 6.07 Å². The molecule has 0 spiro atoms. The van der Waals surface area contributed by atoms with Crippen LogP contribution >= 0.6 is 0 Å². The molecular formula is C28H35NO2. The molecular weight excluding hydrogens is 382 g/mol. The molecule has 3 heteroatoms. The van der Waals surface area contributed by atoms with E-state index in [9.17, 15) is 5.11 Å². The van der Waals surface area contributed by atoms with Gasteiger partial charge in [0.15, 0.2) is 11.5 Å². The fourth-order valence-electron chi connectivity index (χ4n) is 8.13. The van der Waals surface area contributed by atoms with Crippen molar-refractivity contribution < 1.29 is 9.84 Å². The minimum atomic E-state index is 0.295. The number of aromatic hydroxyl groups is 1. The second-order valence-electron chi connectivity index (χ2n) is 10.7. The van der Waals surface area contributed by atoms with E-state index >= 15 is 0 Å². The summed E-state index contributed by atoms with van der Waals surface area (Å²) >= 11 is 0. The van der Waals surface area contributed by atoms with E-state index in [4.69, 9.17) is 4.74 Å². The Kier molecular flexibility index (Phi) is 4.52. The van der Waals surface area contributed by atoms with Crippen LogP contribution in [0, 0.1) is 17.3 Å². The van der Waals surface area contributed by atoms with E-state index in [1.54, 1.807) is 18.2 Å². The van der Waals surface area contributed by atoms with Crippen molar-refractivity contribution >= 4 is 5.69 Å². The molecule has 164 valence electrons. The van der Waals surface area contributed by atoms with Crippen molar-refractivity contribution in [2.75, 3.05) is 19.0 Å². The van der Waals surface area contributed by atoms with Crippen molar-refractivity contribution in [2.24, 2.45) is 17.3 Å². The fourth-order valence-corrected chi connectivity index (χ4v) is 8.13. The number of phenolic OH excluding ortho intramolecular Hbond substituents is 1. The first-order valence-electron chi connectivity index (χ1n) is 12.4. The number of anilines is 1. The second kappa shape index (κ2) is 7.18. The minimum absolute atomic E-state index is 0.295. The number of phenols is 1. The van der Waals surface area contributed by atoms with Crippen LogP contribution in [-0.4, -0.2) is 18.8 Å². The Labute approximate surface area is 186 Å². The monoisotopic (exact) mass is 417 g/mol. The molecule has 4 aliphatic rings. The highest BCUT2D eigenvalue weighted by Crippen LogP contribution is 2.66. The van der Waals surface area contributed by atoms with Gasteiger partial charge in [-0.25, -0.2) is 0 Å². The average Bonchev–Trinajstić information content (AvgIpc) is 3.15. The maximum atomic E-state index is 10.3. The van der Waals surface area contributed by atoms with Gasteiger partial charge < -0.3 is 15.2 Å². The van der Waals surface area contributed by atoms with Crippen LogP contribution in [0.25, 0.3) is 0 Å². The van der Waals surface area contributed by atoms with Crippen LogP contribution in [-0.2, 0) is 12.8 Å². The first-order valence-corrected chi connectivity index (χ1v) is 12.4. The molecule has 0 unspecified atom stereocenters. The third-order valence-corrected chi connectivity index (χ3v) is 9.53. The molecule has 31 heavy (non-hydrogen) atoms. The summed E-state index contributed by atoms with van der Waals surface area (Å²) in [5, 5.41) is 13.9. The Morgan fingerprint density at radius 2 is 1.97 bits per heavy atom. The molecule has 2 fully saturated rings. The molecule has 0 bridgehead atoms. The Hall–Kier alpha value is -2.16. The Balaban J connectivity index is 1.35. The average molecular weight is 418 g/mol. The molecule has 3 aliphatic carbocycles. The van der Waals surface area contributed by atoms with Crippen LogP contribution in [0.2, 0.25) is 0 Å². The van der Waals surface area contributed by atoms with Gasteiger partial charge in [-0.15, -0.1) is 0 Å². The van der Waals surface area contributed by atoms with E-state index in [0.717, 1.165) is 24.8 Å². The molecule has 3 nitrogen and oxygen atoms in total. The number of fused-ring (bicyclic) bond motifs is 6. The smallest absolute Gasteiger partial charge is 0.160 e. The number of methoxy groups -OCH3 is 1. The van der Waals surface area contributed by atoms with Crippen molar-refractivity contribution in [1.82, 2.24) is 0 Å². The normalized spacial score (nSPS) is 33.5. The molecule has 1 aliphatic heterocycles. The van der Waals surface area contributed by atoms with Gasteiger partial charge in [0.25, 0.3) is 0 Å². The first-order chi connectivity index (χ1) is 15.1. The third-order valence-electron chi connectivity index (χ3n) is 9.53. The summed E-state index contributed by atoms with van der Waals surface area (Å²) in [5.41, 5.74) is 7.86. The van der Waals surface area contributed by atoms with E-state index in [1.165, 1.54) is 61.8 Å². The summed E-state index contributed by atoms with van der Waals surface area (Å²) < 4.78 is 5.47. The van der Waals surface area contributed by atoms with Crippen molar-refractivity contribution in [1.29, 1.82) is 0 Å². The number of hydrogen-bond donors (Lipinski definition) is 2. The Bertz CT molecular complexity index is 1010. The van der Waals surface area contributed by atoms with E-state index < -0.39 is 0 Å². The van der Waals surface area contributed by atoms with E-state index in [0.29, 0.717) is 28.7 Å². The fraction of sp³-hybridized carbons (Fsp3) is 0.571. The topological polar surface area (TPSA) is 41.5 Å². The van der Waals surface area contributed by atoms with Gasteiger partial charge in [0.1, 0.15) is 0 Å². The van der Waals surface area contributed by atoms with Crippen LogP contribution in [0.5, 0.6) is 11.5 Å². The molecule has 0 radical (unpaired) electrons. The van der Waals surface area contributed by atoms with Crippen molar-refractivity contribution in [3.8, 4) is 11.5 Å². The van der Waals surface area contributed by atoms with Crippen LogP contribution in [0.4, 0.5) is 5.69 Å². The molecule has 0 saturated heterocycles. The number of rotatable bonds is 2. The van der Waals surface area contributed by atoms with Crippen LogP contribution in [0.15, 0.2) is 30.3 Å². The number of nitrogens with one attached hydrogen (secondary N) is 1. The van der Waals surface area contributed by atoms with Gasteiger partial charge in [0.2, 0.25) is 0 Å². The number of ether oxygens (including phenoxy) is 1. The predicted molar refractivity (Wildman–Crippen MR) is 125 cm³/mol. The first kappa shape index (κ1) is 19.5. The largest absolute Gasteiger partial charge is 0.504 e. The highest BCUT2D eigenvalue weighted by molar-refractivity contribution is 5.58. The van der Waals surface area contributed by atoms with Crippen LogP contribution in [0.3, 0.4) is 0 Å². The predicted octanol–water partition coefficient (Wildman–Crippen LogP) is 6.40. The summed E-state index contributed by atoms with van der Waals surface area (Å²) in [7, 11) is 1.66. The Morgan fingerprint density at radius 1 is 1.06 bits per heavy atom. The van der Waals surface area contributed by atoms with Gasteiger partial charge in [-0.1, -0.05) is 19.1 Å². The second-order valence-corrected chi connectivity index (χ2v) is 10.7.